The van der Waals surface area contributed by atoms with Crippen molar-refractivity contribution in [3.8, 4) is 0 Å². The van der Waals surface area contributed by atoms with E-state index in [1.165, 1.54) is 24.3 Å². The summed E-state index contributed by atoms with van der Waals surface area (Å²) in [6.07, 6.45) is 0. The number of aromatic nitrogens is 1. The molecule has 0 amide bonds. The molecule has 0 spiro atoms. The molecule has 1 aromatic heterocycles. The Hall–Kier alpha value is -2.22. The molecular weight excluding hydrogens is 317 g/mol. The van der Waals surface area contributed by atoms with Gasteiger partial charge >= 0.3 is 0 Å². The molecule has 3 nitrogen and oxygen atoms in total. The van der Waals surface area contributed by atoms with Crippen molar-refractivity contribution in [3.05, 3.63) is 59.2 Å². The summed E-state index contributed by atoms with van der Waals surface area (Å²) < 4.78 is 66.3. The first kappa shape index (κ1) is 17.1. The first-order chi connectivity index (χ1) is 10.8. The molecule has 2 aromatic rings. The van der Waals surface area contributed by atoms with Gasteiger partial charge in [0.1, 0.15) is 11.5 Å². The van der Waals surface area contributed by atoms with Gasteiger partial charge < -0.3 is 10.2 Å². The molecule has 2 rings (SSSR count). The maximum absolute atomic E-state index is 13.6. The second-order valence-electron chi connectivity index (χ2n) is 5.11. The highest BCUT2D eigenvalue weighted by molar-refractivity contribution is 5.45. The smallest absolute Gasteiger partial charge is 0.253 e. The predicted octanol–water partition coefficient (Wildman–Crippen LogP) is 3.49. The van der Waals surface area contributed by atoms with Crippen LogP contribution >= 0.6 is 0 Å². The van der Waals surface area contributed by atoms with Gasteiger partial charge in [-0.05, 0) is 31.8 Å². The van der Waals surface area contributed by atoms with Gasteiger partial charge in [0.2, 0.25) is 11.6 Å². The third-order valence-electron chi connectivity index (χ3n) is 3.35. The van der Waals surface area contributed by atoms with E-state index in [-0.39, 0.29) is 6.54 Å². The number of likely N-dealkylation sites (N-methyl/N-ethyl adjacent to an activating group) is 1. The van der Waals surface area contributed by atoms with Crippen LogP contribution in [0.5, 0.6) is 0 Å². The van der Waals surface area contributed by atoms with Gasteiger partial charge in [0, 0.05) is 6.54 Å². The fourth-order valence-electron chi connectivity index (χ4n) is 2.12. The minimum Gasteiger partial charge on any atom is -0.378 e. The van der Waals surface area contributed by atoms with Gasteiger partial charge in [-0.1, -0.05) is 12.1 Å². The van der Waals surface area contributed by atoms with E-state index in [0.717, 1.165) is 0 Å². The Morgan fingerprint density at radius 2 is 1.48 bits per heavy atom. The highest BCUT2D eigenvalue weighted by Gasteiger charge is 2.22. The van der Waals surface area contributed by atoms with Crippen LogP contribution in [0.15, 0.2) is 24.3 Å². The molecule has 1 heterocycles. The summed E-state index contributed by atoms with van der Waals surface area (Å²) in [7, 11) is 3.41. The Morgan fingerprint density at radius 3 is 1.96 bits per heavy atom. The second kappa shape index (κ2) is 6.91. The van der Waals surface area contributed by atoms with Crippen LogP contribution in [-0.2, 0) is 0 Å². The van der Waals surface area contributed by atoms with Gasteiger partial charge in [0.05, 0.1) is 6.04 Å². The van der Waals surface area contributed by atoms with E-state index in [2.05, 4.69) is 10.3 Å². The number of hydrogen-bond acceptors (Lipinski definition) is 3. The SMILES string of the molecule is CN(C)C(CNc1c(F)c(F)nc(F)c1F)c1ccc(F)cc1. The molecule has 0 aliphatic carbocycles. The molecule has 1 aromatic carbocycles. The Labute approximate surface area is 129 Å². The number of nitrogens with zero attached hydrogens (tertiary/aromatic N) is 2. The van der Waals surface area contributed by atoms with Gasteiger partial charge in [-0.25, -0.2) is 4.39 Å². The number of nitrogens with one attached hydrogen (secondary N) is 1. The largest absolute Gasteiger partial charge is 0.378 e. The average molecular weight is 331 g/mol. The minimum atomic E-state index is -1.73. The molecule has 8 heteroatoms. The number of pyridine rings is 1. The number of benzene rings is 1. The molecule has 23 heavy (non-hydrogen) atoms. The van der Waals surface area contributed by atoms with E-state index in [1.807, 2.05) is 0 Å². The number of rotatable bonds is 5. The number of halogens is 5. The van der Waals surface area contributed by atoms with Gasteiger partial charge in [-0.2, -0.15) is 22.5 Å². The third kappa shape index (κ3) is 3.76. The lowest BCUT2D eigenvalue weighted by molar-refractivity contribution is 0.310. The molecule has 1 unspecified atom stereocenters. The molecular formula is C15H14F5N3. The van der Waals surface area contributed by atoms with E-state index in [9.17, 15) is 22.0 Å². The van der Waals surface area contributed by atoms with Gasteiger partial charge in [0.25, 0.3) is 11.9 Å². The fourth-order valence-corrected chi connectivity index (χ4v) is 2.12. The van der Waals surface area contributed by atoms with Crippen LogP contribution in [0.4, 0.5) is 27.6 Å². The molecule has 0 saturated carbocycles. The third-order valence-corrected chi connectivity index (χ3v) is 3.35. The van der Waals surface area contributed by atoms with Crippen LogP contribution in [0.1, 0.15) is 11.6 Å². The van der Waals surface area contributed by atoms with Crippen molar-refractivity contribution in [2.75, 3.05) is 26.0 Å². The Balaban J connectivity index is 2.25. The van der Waals surface area contributed by atoms with Gasteiger partial charge in [-0.15, -0.1) is 0 Å². The summed E-state index contributed by atoms with van der Waals surface area (Å²) in [6.45, 7) is -0.0602. The zero-order chi connectivity index (χ0) is 17.1. The summed E-state index contributed by atoms with van der Waals surface area (Å²) >= 11 is 0. The second-order valence-corrected chi connectivity index (χ2v) is 5.11. The Kier molecular flexibility index (Phi) is 5.15. The van der Waals surface area contributed by atoms with Crippen LogP contribution in [0.3, 0.4) is 0 Å². The minimum absolute atomic E-state index is 0.0602. The zero-order valence-electron chi connectivity index (χ0n) is 12.4. The molecule has 1 N–H and O–H groups in total. The van der Waals surface area contributed by atoms with Crippen LogP contribution < -0.4 is 5.32 Å². The van der Waals surface area contributed by atoms with Crippen molar-refractivity contribution in [1.29, 1.82) is 0 Å². The number of hydrogen-bond donors (Lipinski definition) is 1. The summed E-state index contributed by atoms with van der Waals surface area (Å²) in [5.74, 6) is -7.07. The molecule has 0 aliphatic rings. The molecule has 1 atom stereocenters. The lowest BCUT2D eigenvalue weighted by Crippen LogP contribution is -2.27. The number of anilines is 1. The normalized spacial score (nSPS) is 12.5. The summed E-state index contributed by atoms with van der Waals surface area (Å²) in [5.41, 5.74) is -0.260. The van der Waals surface area contributed by atoms with Crippen LogP contribution in [0, 0.1) is 29.3 Å². The first-order valence-corrected chi connectivity index (χ1v) is 6.67. The van der Waals surface area contributed by atoms with E-state index in [0.29, 0.717) is 5.56 Å². The molecule has 0 fully saturated rings. The van der Waals surface area contributed by atoms with E-state index in [4.69, 9.17) is 0 Å². The van der Waals surface area contributed by atoms with Crippen LogP contribution in [-0.4, -0.2) is 30.5 Å². The topological polar surface area (TPSA) is 28.2 Å². The quantitative estimate of drug-likeness (QED) is 0.671. The van der Waals surface area contributed by atoms with E-state index >= 15 is 0 Å². The average Bonchev–Trinajstić information content (AvgIpc) is 2.50. The van der Waals surface area contributed by atoms with Crippen molar-refractivity contribution in [3.63, 3.8) is 0 Å². The van der Waals surface area contributed by atoms with E-state index < -0.39 is 41.1 Å². The maximum atomic E-state index is 13.6. The predicted molar refractivity (Wildman–Crippen MR) is 75.4 cm³/mol. The van der Waals surface area contributed by atoms with Crippen molar-refractivity contribution >= 4 is 5.69 Å². The van der Waals surface area contributed by atoms with Crippen LogP contribution in [0.2, 0.25) is 0 Å². The highest BCUT2D eigenvalue weighted by Crippen LogP contribution is 2.25. The van der Waals surface area contributed by atoms with Gasteiger partial charge in [-0.3, -0.25) is 0 Å². The Bertz CT molecular complexity index is 662. The standard InChI is InChI=1S/C15H14F5N3/c1-23(2)10(8-3-5-9(16)6-4-8)7-21-13-11(17)14(19)22-15(20)12(13)18/h3-6,10H,7H2,1-2H3,(H,21,22). The fraction of sp³-hybridized carbons (Fsp3) is 0.267. The Morgan fingerprint density at radius 1 is 0.957 bits per heavy atom. The van der Waals surface area contributed by atoms with Gasteiger partial charge in [0.15, 0.2) is 0 Å². The molecule has 0 radical (unpaired) electrons. The van der Waals surface area contributed by atoms with Crippen LogP contribution in [0.25, 0.3) is 0 Å². The summed E-state index contributed by atoms with van der Waals surface area (Å²) in [6, 6.07) is 5.12. The summed E-state index contributed by atoms with van der Waals surface area (Å²) in [4.78, 5) is 4.20. The van der Waals surface area contributed by atoms with Crippen molar-refractivity contribution < 1.29 is 22.0 Å². The van der Waals surface area contributed by atoms with Crippen molar-refractivity contribution in [2.45, 2.75) is 6.04 Å². The maximum Gasteiger partial charge on any atom is 0.253 e. The highest BCUT2D eigenvalue weighted by atomic mass is 19.2. The molecule has 124 valence electrons. The summed E-state index contributed by atoms with van der Waals surface area (Å²) in [5, 5.41) is 2.35. The molecule has 0 aliphatic heterocycles. The lowest BCUT2D eigenvalue weighted by Gasteiger charge is -2.25. The van der Waals surface area contributed by atoms with Crippen molar-refractivity contribution in [1.82, 2.24) is 9.88 Å². The first-order valence-electron chi connectivity index (χ1n) is 6.67. The molecule has 0 saturated heterocycles. The molecule has 0 bridgehead atoms. The zero-order valence-corrected chi connectivity index (χ0v) is 12.4. The van der Waals surface area contributed by atoms with Crippen molar-refractivity contribution in [2.24, 2.45) is 0 Å². The van der Waals surface area contributed by atoms with E-state index in [1.54, 1.807) is 19.0 Å². The lowest BCUT2D eigenvalue weighted by atomic mass is 10.1. The monoisotopic (exact) mass is 331 g/mol.